The van der Waals surface area contributed by atoms with Crippen molar-refractivity contribution in [3.63, 3.8) is 0 Å². The molecule has 1 unspecified atom stereocenters. The monoisotopic (exact) mass is 861 g/mol. The largest absolute Gasteiger partial charge is 0.473 e. The lowest BCUT2D eigenvalue weighted by molar-refractivity contribution is -0.149. The Morgan fingerprint density at radius 2 is 1.96 bits per heavy atom. The van der Waals surface area contributed by atoms with Gasteiger partial charge in [0, 0.05) is 32.1 Å². The van der Waals surface area contributed by atoms with Gasteiger partial charge in [0.1, 0.15) is 0 Å². The van der Waals surface area contributed by atoms with Crippen LogP contribution in [0.25, 0.3) is 28.1 Å². The third-order valence-electron chi connectivity index (χ3n) is 10.1. The minimum Gasteiger partial charge on any atom is -0.473 e. The van der Waals surface area contributed by atoms with Crippen molar-refractivity contribution < 1.29 is 28.2 Å². The van der Waals surface area contributed by atoms with Crippen molar-refractivity contribution in [1.82, 2.24) is 34.2 Å². The second kappa shape index (κ2) is 17.0. The Morgan fingerprint density at radius 1 is 1.21 bits per heavy atom. The number of methoxy groups -OCH3 is 1. The molecular formula is C38H56IN7O6Si. The summed E-state index contributed by atoms with van der Waals surface area (Å²) < 4.78 is 36.9. The number of aryl methyl sites for hydroxylation is 1. The summed E-state index contributed by atoms with van der Waals surface area (Å²) in [5.41, 5.74) is 4.34. The minimum atomic E-state index is -1.94. The van der Waals surface area contributed by atoms with Crippen LogP contribution in [0.4, 0.5) is 0 Å². The number of carbonyl (C=O) groups excluding carboxylic acids is 1. The number of aromatic nitrogens is 6. The Kier molecular flexibility index (Phi) is 13.2. The molecule has 1 fully saturated rings. The van der Waals surface area contributed by atoms with Crippen LogP contribution in [0.5, 0.6) is 11.8 Å². The van der Waals surface area contributed by atoms with Crippen LogP contribution in [-0.2, 0) is 38.8 Å². The highest BCUT2D eigenvalue weighted by Crippen LogP contribution is 2.37. The summed E-state index contributed by atoms with van der Waals surface area (Å²) in [4.78, 5) is 15.3. The average Bonchev–Trinajstić information content (AvgIpc) is 3.76. The number of halogens is 1. The maximum absolute atomic E-state index is 13.3. The van der Waals surface area contributed by atoms with E-state index < -0.39 is 20.4 Å². The van der Waals surface area contributed by atoms with Gasteiger partial charge in [-0.25, -0.2) is 14.2 Å². The van der Waals surface area contributed by atoms with E-state index in [9.17, 15) is 4.79 Å². The van der Waals surface area contributed by atoms with Gasteiger partial charge in [0.25, 0.3) is 0 Å². The van der Waals surface area contributed by atoms with Crippen molar-refractivity contribution in [2.75, 3.05) is 33.9 Å². The molecule has 5 rings (SSSR count). The third-order valence-corrected chi connectivity index (χ3v) is 15.7. The van der Waals surface area contributed by atoms with Gasteiger partial charge in [0.05, 0.1) is 58.6 Å². The molecule has 15 heteroatoms. The highest BCUT2D eigenvalue weighted by Gasteiger charge is 2.37. The number of benzene rings is 1. The van der Waals surface area contributed by atoms with E-state index in [0.29, 0.717) is 31.5 Å². The zero-order valence-corrected chi connectivity index (χ0v) is 36.1. The predicted octanol–water partition coefficient (Wildman–Crippen LogP) is 7.44. The molecule has 0 bridgehead atoms. The molecule has 53 heavy (non-hydrogen) atoms. The van der Waals surface area contributed by atoms with Crippen LogP contribution in [-0.4, -0.2) is 94.7 Å². The standard InChI is InChI=1S/C38H56IN7O6Si/c1-12-29-27-21-26(16-17-30(27)46(41-29)33-15-13-14-19-49-33)28-22-40-44(8)36(28)52-32(37(47)48-9)24-43(7)23-31-34(39)35(51-25(2)3)42-45(31)18-20-50-53(10,11)38(4,5)6/h12,16-17,21-22,25,32-33H,1,13-15,18-20,23-24H2,2-11H3/t32-,33?/m1/s1. The van der Waals surface area contributed by atoms with Gasteiger partial charge in [-0.1, -0.05) is 33.4 Å². The molecule has 1 saturated heterocycles. The van der Waals surface area contributed by atoms with Crippen molar-refractivity contribution in [2.45, 2.75) is 104 Å². The molecule has 0 N–H and O–H groups in total. The normalized spacial score (nSPS) is 16.1. The zero-order chi connectivity index (χ0) is 38.7. The molecule has 13 nitrogen and oxygen atoms in total. The molecule has 290 valence electrons. The van der Waals surface area contributed by atoms with Crippen molar-refractivity contribution in [3.05, 3.63) is 45.9 Å². The lowest BCUT2D eigenvalue weighted by atomic mass is 10.1. The van der Waals surface area contributed by atoms with Crippen LogP contribution in [0.2, 0.25) is 18.1 Å². The number of fused-ring (bicyclic) bond motifs is 1. The number of rotatable bonds is 16. The number of hydrogen-bond donors (Lipinski definition) is 0. The van der Waals surface area contributed by atoms with Gasteiger partial charge in [0.15, 0.2) is 14.5 Å². The zero-order valence-electron chi connectivity index (χ0n) is 32.9. The maximum Gasteiger partial charge on any atom is 0.348 e. The van der Waals surface area contributed by atoms with Crippen molar-refractivity contribution >= 4 is 53.9 Å². The van der Waals surface area contributed by atoms with E-state index in [1.807, 2.05) is 47.3 Å². The van der Waals surface area contributed by atoms with Crippen molar-refractivity contribution in [3.8, 4) is 22.9 Å². The van der Waals surface area contributed by atoms with Crippen molar-refractivity contribution in [2.24, 2.45) is 7.05 Å². The van der Waals surface area contributed by atoms with E-state index in [1.165, 1.54) is 7.11 Å². The summed E-state index contributed by atoms with van der Waals surface area (Å²) in [6.07, 6.45) is 5.51. The molecular weight excluding hydrogens is 805 g/mol. The number of carbonyl (C=O) groups is 1. The van der Waals surface area contributed by atoms with E-state index in [-0.39, 0.29) is 23.9 Å². The number of esters is 1. The Hall–Kier alpha value is -3.25. The lowest BCUT2D eigenvalue weighted by Crippen LogP contribution is -2.41. The second-order valence-electron chi connectivity index (χ2n) is 15.5. The first-order valence-electron chi connectivity index (χ1n) is 18.3. The van der Waals surface area contributed by atoms with Crippen LogP contribution in [0.15, 0.2) is 31.0 Å². The molecule has 2 atom stereocenters. The van der Waals surface area contributed by atoms with Crippen LogP contribution >= 0.6 is 22.6 Å². The molecule has 0 radical (unpaired) electrons. The first-order valence-corrected chi connectivity index (χ1v) is 22.3. The van der Waals surface area contributed by atoms with Crippen molar-refractivity contribution in [1.29, 1.82) is 0 Å². The van der Waals surface area contributed by atoms with E-state index in [4.69, 9.17) is 33.6 Å². The Morgan fingerprint density at radius 3 is 2.60 bits per heavy atom. The molecule has 4 heterocycles. The highest BCUT2D eigenvalue weighted by molar-refractivity contribution is 14.1. The highest BCUT2D eigenvalue weighted by atomic mass is 127. The molecule has 0 amide bonds. The number of hydrogen-bond acceptors (Lipinski definition) is 10. The number of likely N-dealkylation sites (N-methyl/N-ethyl adjacent to an activating group) is 1. The maximum atomic E-state index is 13.3. The van der Waals surface area contributed by atoms with Crippen LogP contribution in [0, 0.1) is 3.57 Å². The molecule has 0 saturated carbocycles. The van der Waals surface area contributed by atoms with Crippen LogP contribution < -0.4 is 9.47 Å². The molecule has 4 aromatic rings. The Bertz CT molecular complexity index is 1890. The van der Waals surface area contributed by atoms with E-state index in [0.717, 1.165) is 62.9 Å². The molecule has 0 spiro atoms. The number of nitrogens with zero attached hydrogens (tertiary/aromatic N) is 7. The summed E-state index contributed by atoms with van der Waals surface area (Å²) in [5, 5.41) is 15.3. The summed E-state index contributed by atoms with van der Waals surface area (Å²) >= 11 is 2.30. The average molecular weight is 862 g/mol. The second-order valence-corrected chi connectivity index (χ2v) is 21.4. The fraction of sp³-hybridized carbons (Fsp3) is 0.579. The minimum absolute atomic E-state index is 0.0303. The molecule has 0 aliphatic carbocycles. The third kappa shape index (κ3) is 9.35. The fourth-order valence-corrected chi connectivity index (χ4v) is 7.82. The van der Waals surface area contributed by atoms with Crippen LogP contribution in [0.3, 0.4) is 0 Å². The topological polar surface area (TPSA) is 120 Å². The van der Waals surface area contributed by atoms with Gasteiger partial charge in [-0.05, 0) is 105 Å². The smallest absolute Gasteiger partial charge is 0.348 e. The molecule has 1 aliphatic rings. The quantitative estimate of drug-likeness (QED) is 0.0639. The van der Waals surface area contributed by atoms with E-state index in [2.05, 4.69) is 74.2 Å². The van der Waals surface area contributed by atoms with E-state index in [1.54, 1.807) is 24.0 Å². The lowest BCUT2D eigenvalue weighted by Gasteiger charge is -2.36. The Balaban J connectivity index is 1.38. The molecule has 3 aromatic heterocycles. The summed E-state index contributed by atoms with van der Waals surface area (Å²) in [6, 6.07) is 6.13. The predicted molar refractivity (Wildman–Crippen MR) is 217 cm³/mol. The Labute approximate surface area is 328 Å². The molecule has 1 aromatic carbocycles. The SMILES string of the molecule is C=Cc1nn(C2CCCCO2)c2ccc(-c3cnn(C)c3O[C@H](CN(C)Cc3c(I)c(OC(C)C)nn3CCO[Si](C)(C)C(C)(C)C)C(=O)OC)cc12. The van der Waals surface area contributed by atoms with Gasteiger partial charge in [-0.2, -0.15) is 10.2 Å². The summed E-state index contributed by atoms with van der Waals surface area (Å²) in [6.45, 7) is 21.8. The van der Waals surface area contributed by atoms with E-state index >= 15 is 0 Å². The molecule has 1 aliphatic heterocycles. The summed E-state index contributed by atoms with van der Waals surface area (Å²) in [7, 11) is 3.18. The first-order chi connectivity index (χ1) is 25.0. The van der Waals surface area contributed by atoms with Gasteiger partial charge >= 0.3 is 5.97 Å². The summed E-state index contributed by atoms with van der Waals surface area (Å²) in [5.74, 6) is 0.549. The van der Waals surface area contributed by atoms with Gasteiger partial charge in [-0.3, -0.25) is 9.58 Å². The van der Waals surface area contributed by atoms with Gasteiger partial charge in [-0.15, -0.1) is 5.10 Å². The fourth-order valence-electron chi connectivity index (χ4n) is 6.10. The number of ether oxygens (including phenoxy) is 4. The van der Waals surface area contributed by atoms with Crippen LogP contribution in [0.1, 0.15) is 71.5 Å². The van der Waals surface area contributed by atoms with Gasteiger partial charge in [0.2, 0.25) is 17.9 Å². The van der Waals surface area contributed by atoms with Gasteiger partial charge < -0.3 is 23.4 Å². The first kappa shape index (κ1) is 40.9.